The van der Waals surface area contributed by atoms with Gasteiger partial charge in [-0.15, -0.1) is 22.7 Å². The Morgan fingerprint density at radius 3 is 2.59 bits per heavy atom. The number of nitrogens with one attached hydrogen (secondary N) is 2. The van der Waals surface area contributed by atoms with Crippen molar-refractivity contribution in [2.24, 2.45) is 0 Å². The number of pyridine rings is 1. The molecule has 0 aliphatic carbocycles. The molecule has 4 aromatic heterocycles. The van der Waals surface area contributed by atoms with E-state index >= 15 is 0 Å². The second kappa shape index (κ2) is 9.57. The maximum atomic E-state index is 12.7. The van der Waals surface area contributed by atoms with Crippen molar-refractivity contribution in [3.63, 3.8) is 0 Å². The van der Waals surface area contributed by atoms with Gasteiger partial charge in [-0.3, -0.25) is 9.20 Å². The second-order valence-electron chi connectivity index (χ2n) is 9.25. The largest absolute Gasteiger partial charge is 0.397 e. The van der Waals surface area contributed by atoms with E-state index in [4.69, 9.17) is 10.7 Å². The number of nitrogen functional groups attached to an aromatic ring is 1. The van der Waals surface area contributed by atoms with E-state index < -0.39 is 0 Å². The second-order valence-corrected chi connectivity index (χ2v) is 11.2. The lowest BCUT2D eigenvalue weighted by molar-refractivity contribution is 0.103. The Morgan fingerprint density at radius 2 is 1.77 bits per heavy atom. The van der Waals surface area contributed by atoms with Crippen molar-refractivity contribution < 1.29 is 4.79 Å². The number of carbonyl (C=O) groups is 1. The predicted octanol–water partition coefficient (Wildman–Crippen LogP) is 6.62. The summed E-state index contributed by atoms with van der Waals surface area (Å²) in [5.74, 6) is -0.200. The van der Waals surface area contributed by atoms with Crippen LogP contribution in [0.1, 0.15) is 20.8 Å². The van der Waals surface area contributed by atoms with Gasteiger partial charge in [0.05, 0.1) is 33.1 Å². The normalized spacial score (nSPS) is 12.6. The Hall–Kier alpha value is -4.67. The molecule has 192 valence electrons. The zero-order valence-corrected chi connectivity index (χ0v) is 22.3. The van der Waals surface area contributed by atoms with Gasteiger partial charge in [0.25, 0.3) is 5.91 Å². The fraction of sp³-hybridized carbons (Fsp3) is 0.0690. The quantitative estimate of drug-likeness (QED) is 0.202. The molecule has 39 heavy (non-hydrogen) atoms. The molecular weight excluding hydrogens is 527 g/mol. The van der Waals surface area contributed by atoms with Gasteiger partial charge in [-0.1, -0.05) is 36.4 Å². The zero-order valence-electron chi connectivity index (χ0n) is 20.7. The molecule has 8 nitrogen and oxygen atoms in total. The zero-order chi connectivity index (χ0) is 26.3. The fourth-order valence-electron chi connectivity index (χ4n) is 4.75. The molecule has 1 aliphatic heterocycles. The maximum absolute atomic E-state index is 12.7. The first-order valence-corrected chi connectivity index (χ1v) is 14.1. The van der Waals surface area contributed by atoms with Gasteiger partial charge in [-0.05, 0) is 41.5 Å². The van der Waals surface area contributed by atoms with Crippen LogP contribution in [0.15, 0.2) is 90.6 Å². The van der Waals surface area contributed by atoms with Crippen LogP contribution in [-0.4, -0.2) is 20.3 Å². The minimum Gasteiger partial charge on any atom is -0.397 e. The molecule has 1 amide bonds. The maximum Gasteiger partial charge on any atom is 0.265 e. The molecule has 4 N–H and O–H groups in total. The Bertz CT molecular complexity index is 1810. The molecule has 7 rings (SSSR count). The molecule has 0 unspecified atom stereocenters. The van der Waals surface area contributed by atoms with Gasteiger partial charge in [0, 0.05) is 36.4 Å². The molecule has 0 fully saturated rings. The van der Waals surface area contributed by atoms with Crippen molar-refractivity contribution in [1.29, 1.82) is 0 Å². The number of thiophene rings is 1. The van der Waals surface area contributed by atoms with Gasteiger partial charge < -0.3 is 21.3 Å². The first-order chi connectivity index (χ1) is 19.1. The van der Waals surface area contributed by atoms with Crippen LogP contribution >= 0.6 is 22.7 Å². The number of carbonyl (C=O) groups excluding carboxylic acids is 1. The molecule has 0 atom stereocenters. The van der Waals surface area contributed by atoms with Crippen LogP contribution in [-0.2, 0) is 13.1 Å². The molecular formula is C29H23N7OS2. The number of rotatable bonds is 6. The highest BCUT2D eigenvalue weighted by molar-refractivity contribution is 7.19. The Kier molecular flexibility index (Phi) is 5.75. The highest BCUT2D eigenvalue weighted by atomic mass is 32.1. The number of para-hydroxylation sites is 2. The van der Waals surface area contributed by atoms with Crippen molar-refractivity contribution in [3.8, 4) is 11.4 Å². The summed E-state index contributed by atoms with van der Waals surface area (Å²) in [4.78, 5) is 25.1. The third kappa shape index (κ3) is 4.49. The Morgan fingerprint density at radius 1 is 0.974 bits per heavy atom. The SMILES string of the molecule is Nc1ccccc1NC(=O)c1ccc(Nc2nc(-c3cnc4cc(N5Cc6ccccc6C5)ccn34)cs2)s1. The van der Waals surface area contributed by atoms with E-state index in [0.29, 0.717) is 16.3 Å². The average molecular weight is 550 g/mol. The topological polar surface area (TPSA) is 101 Å². The van der Waals surface area contributed by atoms with Crippen molar-refractivity contribution in [2.45, 2.75) is 13.1 Å². The summed E-state index contributed by atoms with van der Waals surface area (Å²) in [7, 11) is 0. The summed E-state index contributed by atoms with van der Waals surface area (Å²) in [6.07, 6.45) is 3.92. The van der Waals surface area contributed by atoms with E-state index in [0.717, 1.165) is 45.9 Å². The van der Waals surface area contributed by atoms with E-state index in [-0.39, 0.29) is 5.91 Å². The smallest absolute Gasteiger partial charge is 0.265 e. The molecule has 10 heteroatoms. The van der Waals surface area contributed by atoms with Gasteiger partial charge in [0.15, 0.2) is 5.13 Å². The van der Waals surface area contributed by atoms with Gasteiger partial charge >= 0.3 is 0 Å². The number of fused-ring (bicyclic) bond motifs is 2. The minimum atomic E-state index is -0.200. The fourth-order valence-corrected chi connectivity index (χ4v) is 6.33. The molecule has 6 aromatic rings. The van der Waals surface area contributed by atoms with Gasteiger partial charge in [-0.2, -0.15) is 0 Å². The van der Waals surface area contributed by atoms with Gasteiger partial charge in [-0.25, -0.2) is 9.97 Å². The number of hydrogen-bond donors (Lipinski definition) is 3. The first-order valence-electron chi connectivity index (χ1n) is 12.4. The van der Waals surface area contributed by atoms with Crippen LogP contribution < -0.4 is 21.3 Å². The first kappa shape index (κ1) is 23.4. The number of nitrogens with two attached hydrogens (primary N) is 1. The third-order valence-corrected chi connectivity index (χ3v) is 8.50. The van der Waals surface area contributed by atoms with E-state index in [1.165, 1.54) is 33.8 Å². The average Bonchev–Trinajstić information content (AvgIpc) is 3.75. The van der Waals surface area contributed by atoms with E-state index in [9.17, 15) is 4.79 Å². The lowest BCUT2D eigenvalue weighted by atomic mass is 10.1. The minimum absolute atomic E-state index is 0.200. The standard InChI is InChI=1S/C29H23N7OS2/c30-21-7-3-4-8-22(21)32-28(37)25-9-10-27(39-25)34-29-33-23(17-38-29)24-14-31-26-13-20(11-12-36(24)26)35-15-18-5-1-2-6-19(18)16-35/h1-14,17H,15-16,30H2,(H,32,37)(H,33,34). The molecule has 0 saturated carbocycles. The highest BCUT2D eigenvalue weighted by Gasteiger charge is 2.20. The molecule has 0 radical (unpaired) electrons. The number of nitrogens with zero attached hydrogens (tertiary/aromatic N) is 4. The van der Waals surface area contributed by atoms with E-state index in [2.05, 4.69) is 67.5 Å². The van der Waals surface area contributed by atoms with Crippen LogP contribution in [0.25, 0.3) is 17.0 Å². The Labute approximate surface area is 232 Å². The van der Waals surface area contributed by atoms with E-state index in [1.54, 1.807) is 18.2 Å². The lowest BCUT2D eigenvalue weighted by Gasteiger charge is -2.17. The van der Waals surface area contributed by atoms with Crippen molar-refractivity contribution in [3.05, 3.63) is 107 Å². The van der Waals surface area contributed by atoms with Crippen LogP contribution in [0.4, 0.5) is 27.2 Å². The number of aromatic nitrogens is 3. The van der Waals surface area contributed by atoms with Gasteiger partial charge in [0.1, 0.15) is 11.3 Å². The molecule has 0 spiro atoms. The number of imidazole rings is 1. The number of hydrogen-bond acceptors (Lipinski definition) is 8. The summed E-state index contributed by atoms with van der Waals surface area (Å²) < 4.78 is 2.06. The van der Waals surface area contributed by atoms with Gasteiger partial charge in [0.2, 0.25) is 0 Å². The van der Waals surface area contributed by atoms with Crippen LogP contribution in [0, 0.1) is 0 Å². The number of thiazole rings is 1. The van der Waals surface area contributed by atoms with Crippen LogP contribution in [0.3, 0.4) is 0 Å². The molecule has 1 aliphatic rings. The third-order valence-electron chi connectivity index (χ3n) is 6.74. The summed E-state index contributed by atoms with van der Waals surface area (Å²) in [6, 6.07) is 23.7. The summed E-state index contributed by atoms with van der Waals surface area (Å²) in [6.45, 7) is 1.82. The molecule has 0 bridgehead atoms. The van der Waals surface area contributed by atoms with Crippen LogP contribution in [0.2, 0.25) is 0 Å². The highest BCUT2D eigenvalue weighted by Crippen LogP contribution is 2.33. The number of amides is 1. The number of anilines is 5. The molecule has 5 heterocycles. The van der Waals surface area contributed by atoms with Crippen molar-refractivity contribution in [2.75, 3.05) is 21.3 Å². The predicted molar refractivity (Wildman–Crippen MR) is 159 cm³/mol. The molecule has 0 saturated heterocycles. The lowest BCUT2D eigenvalue weighted by Crippen LogP contribution is -2.14. The monoisotopic (exact) mass is 549 g/mol. The summed E-state index contributed by atoms with van der Waals surface area (Å²) >= 11 is 2.87. The molecule has 2 aromatic carbocycles. The Balaban J connectivity index is 1.05. The summed E-state index contributed by atoms with van der Waals surface area (Å²) in [5, 5.41) is 9.77. The van der Waals surface area contributed by atoms with Crippen molar-refractivity contribution in [1.82, 2.24) is 14.4 Å². The van der Waals surface area contributed by atoms with Crippen LogP contribution in [0.5, 0.6) is 0 Å². The van der Waals surface area contributed by atoms with E-state index in [1.807, 2.05) is 29.8 Å². The summed E-state index contributed by atoms with van der Waals surface area (Å²) in [5.41, 5.74) is 13.6. The number of benzene rings is 2. The van der Waals surface area contributed by atoms with Crippen molar-refractivity contribution >= 4 is 61.4 Å².